The van der Waals surface area contributed by atoms with Gasteiger partial charge in [-0.25, -0.2) is 4.68 Å². The Morgan fingerprint density at radius 3 is 2.67 bits per heavy atom. The highest BCUT2D eigenvalue weighted by Crippen LogP contribution is 2.00. The van der Waals surface area contributed by atoms with E-state index >= 15 is 0 Å². The first kappa shape index (κ1) is 16.9. The van der Waals surface area contributed by atoms with E-state index < -0.39 is 0 Å². The molecule has 1 amide bonds. The van der Waals surface area contributed by atoms with Crippen LogP contribution in [-0.2, 0) is 16.1 Å². The summed E-state index contributed by atoms with van der Waals surface area (Å²) in [5, 5.41) is 4.04. The third-order valence-corrected chi connectivity index (χ3v) is 2.82. The molecule has 0 spiro atoms. The molecule has 0 aliphatic heterocycles. The Hall–Kier alpha value is -2.18. The molecule has 1 rings (SSSR count). The van der Waals surface area contributed by atoms with E-state index in [1.807, 2.05) is 6.92 Å². The van der Waals surface area contributed by atoms with Crippen molar-refractivity contribution in [2.75, 3.05) is 20.2 Å². The second-order valence-electron chi connectivity index (χ2n) is 4.56. The molecule has 0 saturated carbocycles. The zero-order chi connectivity index (χ0) is 15.8. The summed E-state index contributed by atoms with van der Waals surface area (Å²) in [4.78, 5) is 36.4. The SMILES string of the molecule is CCCn1nc(C(=O)N(C)CCC(=O)OCC)ccc1=O. The molecule has 1 heterocycles. The van der Waals surface area contributed by atoms with Crippen molar-refractivity contribution in [3.63, 3.8) is 0 Å². The lowest BCUT2D eigenvalue weighted by Gasteiger charge is -2.16. The van der Waals surface area contributed by atoms with Crippen molar-refractivity contribution in [2.45, 2.75) is 33.2 Å². The fraction of sp³-hybridized carbons (Fsp3) is 0.571. The van der Waals surface area contributed by atoms with Crippen LogP contribution in [0.4, 0.5) is 0 Å². The summed E-state index contributed by atoms with van der Waals surface area (Å²) in [6.07, 6.45) is 0.883. The molecule has 0 aliphatic rings. The van der Waals surface area contributed by atoms with Gasteiger partial charge in [-0.05, 0) is 19.4 Å². The number of hydrogen-bond donors (Lipinski definition) is 0. The standard InChI is InChI=1S/C14H21N3O4/c1-4-9-17-12(18)7-6-11(15-17)14(20)16(3)10-8-13(19)21-5-2/h6-7H,4-5,8-10H2,1-3H3. The number of amides is 1. The van der Waals surface area contributed by atoms with Crippen molar-refractivity contribution in [2.24, 2.45) is 0 Å². The van der Waals surface area contributed by atoms with Crippen LogP contribution in [0.1, 0.15) is 37.2 Å². The van der Waals surface area contributed by atoms with Gasteiger partial charge in [0.25, 0.3) is 11.5 Å². The van der Waals surface area contributed by atoms with E-state index in [-0.39, 0.29) is 36.1 Å². The number of rotatable bonds is 7. The highest BCUT2D eigenvalue weighted by atomic mass is 16.5. The summed E-state index contributed by atoms with van der Waals surface area (Å²) < 4.78 is 6.08. The van der Waals surface area contributed by atoms with Crippen LogP contribution in [0.5, 0.6) is 0 Å². The molecule has 21 heavy (non-hydrogen) atoms. The first-order valence-electron chi connectivity index (χ1n) is 6.98. The second-order valence-corrected chi connectivity index (χ2v) is 4.56. The van der Waals surface area contributed by atoms with Crippen molar-refractivity contribution >= 4 is 11.9 Å². The molecule has 0 bridgehead atoms. The molecule has 116 valence electrons. The van der Waals surface area contributed by atoms with Gasteiger partial charge in [-0.3, -0.25) is 14.4 Å². The van der Waals surface area contributed by atoms with Gasteiger partial charge < -0.3 is 9.64 Å². The highest BCUT2D eigenvalue weighted by molar-refractivity contribution is 5.92. The molecule has 7 nitrogen and oxygen atoms in total. The lowest BCUT2D eigenvalue weighted by molar-refractivity contribution is -0.143. The van der Waals surface area contributed by atoms with Crippen LogP contribution in [0.2, 0.25) is 0 Å². The molecule has 1 aromatic rings. The number of aryl methyl sites for hydroxylation is 1. The maximum Gasteiger partial charge on any atom is 0.307 e. The van der Waals surface area contributed by atoms with E-state index in [0.717, 1.165) is 6.42 Å². The van der Waals surface area contributed by atoms with Crippen molar-refractivity contribution in [3.8, 4) is 0 Å². The minimum Gasteiger partial charge on any atom is -0.466 e. The van der Waals surface area contributed by atoms with Crippen molar-refractivity contribution in [1.82, 2.24) is 14.7 Å². The van der Waals surface area contributed by atoms with Gasteiger partial charge in [0.1, 0.15) is 5.69 Å². The van der Waals surface area contributed by atoms with E-state index in [2.05, 4.69) is 5.10 Å². The van der Waals surface area contributed by atoms with E-state index in [4.69, 9.17) is 4.74 Å². The fourth-order valence-electron chi connectivity index (χ4n) is 1.72. The quantitative estimate of drug-likeness (QED) is 0.691. The van der Waals surface area contributed by atoms with Crippen molar-refractivity contribution < 1.29 is 14.3 Å². The summed E-state index contributed by atoms with van der Waals surface area (Å²) in [6, 6.07) is 2.73. The number of carbonyl (C=O) groups is 2. The molecule has 0 radical (unpaired) electrons. The zero-order valence-corrected chi connectivity index (χ0v) is 12.7. The minimum atomic E-state index is -0.346. The Bertz CT molecular complexity index is 553. The van der Waals surface area contributed by atoms with Crippen molar-refractivity contribution in [1.29, 1.82) is 0 Å². The lowest BCUT2D eigenvalue weighted by atomic mass is 10.3. The van der Waals surface area contributed by atoms with E-state index in [9.17, 15) is 14.4 Å². The van der Waals surface area contributed by atoms with Crippen LogP contribution in [0.15, 0.2) is 16.9 Å². The van der Waals surface area contributed by atoms with Crippen LogP contribution < -0.4 is 5.56 Å². The molecule has 0 unspecified atom stereocenters. The number of aromatic nitrogens is 2. The first-order chi connectivity index (χ1) is 9.99. The van der Waals surface area contributed by atoms with Gasteiger partial charge >= 0.3 is 5.97 Å². The zero-order valence-electron chi connectivity index (χ0n) is 12.7. The molecule has 7 heteroatoms. The van der Waals surface area contributed by atoms with Gasteiger partial charge in [0, 0.05) is 26.2 Å². The van der Waals surface area contributed by atoms with Crippen LogP contribution in [0, 0.1) is 0 Å². The lowest BCUT2D eigenvalue weighted by Crippen LogP contribution is -2.32. The Kier molecular flexibility index (Phi) is 6.58. The normalized spacial score (nSPS) is 10.2. The molecule has 0 aliphatic carbocycles. The molecule has 0 fully saturated rings. The molecule has 0 atom stereocenters. The third kappa shape index (κ3) is 5.02. The third-order valence-electron chi connectivity index (χ3n) is 2.82. The number of carbonyl (C=O) groups excluding carboxylic acids is 2. The maximum atomic E-state index is 12.2. The van der Waals surface area contributed by atoms with Gasteiger partial charge in [0.2, 0.25) is 0 Å². The van der Waals surface area contributed by atoms with Crippen LogP contribution in [0.25, 0.3) is 0 Å². The second kappa shape index (κ2) is 8.18. The monoisotopic (exact) mass is 295 g/mol. The molecule has 1 aromatic heterocycles. The predicted octanol–water partition coefficient (Wildman–Crippen LogP) is 0.679. The number of hydrogen-bond acceptors (Lipinski definition) is 5. The summed E-state index contributed by atoms with van der Waals surface area (Å²) >= 11 is 0. The Labute approximate surface area is 123 Å². The van der Waals surface area contributed by atoms with Gasteiger partial charge in [-0.1, -0.05) is 6.92 Å². The summed E-state index contributed by atoms with van der Waals surface area (Å²) in [5.41, 5.74) is -0.0445. The Balaban J connectivity index is 2.71. The first-order valence-corrected chi connectivity index (χ1v) is 6.98. The van der Waals surface area contributed by atoms with Crippen molar-refractivity contribution in [3.05, 3.63) is 28.2 Å². The number of esters is 1. The number of nitrogens with zero attached hydrogens (tertiary/aromatic N) is 3. The largest absolute Gasteiger partial charge is 0.466 e. The molecule has 0 N–H and O–H groups in total. The molecular weight excluding hydrogens is 274 g/mol. The van der Waals surface area contributed by atoms with Gasteiger partial charge in [0.15, 0.2) is 0 Å². The smallest absolute Gasteiger partial charge is 0.307 e. The average Bonchev–Trinajstić information content (AvgIpc) is 2.47. The van der Waals surface area contributed by atoms with E-state index in [0.29, 0.717) is 13.2 Å². The van der Waals surface area contributed by atoms with Gasteiger partial charge in [-0.2, -0.15) is 5.10 Å². The molecule has 0 saturated heterocycles. The summed E-state index contributed by atoms with van der Waals surface area (Å²) in [7, 11) is 1.58. The van der Waals surface area contributed by atoms with Gasteiger partial charge in [-0.15, -0.1) is 0 Å². The minimum absolute atomic E-state index is 0.130. The van der Waals surface area contributed by atoms with Crippen LogP contribution >= 0.6 is 0 Å². The summed E-state index contributed by atoms with van der Waals surface area (Å²) in [5.74, 6) is -0.676. The topological polar surface area (TPSA) is 81.5 Å². The van der Waals surface area contributed by atoms with Crippen LogP contribution in [-0.4, -0.2) is 46.8 Å². The Morgan fingerprint density at radius 1 is 1.33 bits per heavy atom. The fourth-order valence-corrected chi connectivity index (χ4v) is 1.72. The van der Waals surface area contributed by atoms with Gasteiger partial charge in [0.05, 0.1) is 13.0 Å². The summed E-state index contributed by atoms with van der Waals surface area (Å²) in [6.45, 7) is 4.68. The Morgan fingerprint density at radius 2 is 2.05 bits per heavy atom. The van der Waals surface area contributed by atoms with E-state index in [1.54, 1.807) is 14.0 Å². The maximum absolute atomic E-state index is 12.2. The van der Waals surface area contributed by atoms with Crippen LogP contribution in [0.3, 0.4) is 0 Å². The number of ether oxygens (including phenoxy) is 1. The highest BCUT2D eigenvalue weighted by Gasteiger charge is 2.15. The molecular formula is C14H21N3O4. The average molecular weight is 295 g/mol. The predicted molar refractivity (Wildman–Crippen MR) is 77.0 cm³/mol. The van der Waals surface area contributed by atoms with E-state index in [1.165, 1.54) is 21.7 Å². The molecule has 0 aromatic carbocycles.